The fourth-order valence-electron chi connectivity index (χ4n) is 2.02. The Morgan fingerprint density at radius 3 is 2.52 bits per heavy atom. The SMILES string of the molecule is CC(CCc1ccccc1)NS(=O)(=O)c1ccc(CN)s1. The Morgan fingerprint density at radius 1 is 1.19 bits per heavy atom. The van der Waals surface area contributed by atoms with Crippen LogP contribution in [0, 0.1) is 0 Å². The fourth-order valence-corrected chi connectivity index (χ4v) is 4.55. The number of sulfonamides is 1. The van der Waals surface area contributed by atoms with Crippen molar-refractivity contribution >= 4 is 21.4 Å². The van der Waals surface area contributed by atoms with Crippen molar-refractivity contribution in [2.75, 3.05) is 0 Å². The van der Waals surface area contributed by atoms with Crippen molar-refractivity contribution in [3.8, 4) is 0 Å². The minimum Gasteiger partial charge on any atom is -0.326 e. The molecule has 114 valence electrons. The second-order valence-electron chi connectivity index (χ2n) is 4.97. The number of rotatable bonds is 7. The van der Waals surface area contributed by atoms with E-state index in [-0.39, 0.29) is 6.04 Å². The Balaban J connectivity index is 1.93. The van der Waals surface area contributed by atoms with E-state index in [1.165, 1.54) is 16.9 Å². The summed E-state index contributed by atoms with van der Waals surface area (Å²) >= 11 is 1.22. The lowest BCUT2D eigenvalue weighted by molar-refractivity contribution is 0.548. The topological polar surface area (TPSA) is 72.2 Å². The fraction of sp³-hybridized carbons (Fsp3) is 0.333. The van der Waals surface area contributed by atoms with E-state index in [1.807, 2.05) is 37.3 Å². The second-order valence-corrected chi connectivity index (χ2v) is 8.08. The molecule has 2 rings (SSSR count). The number of hydrogen-bond donors (Lipinski definition) is 2. The first kappa shape index (κ1) is 16.2. The van der Waals surface area contributed by atoms with Gasteiger partial charge in [-0.25, -0.2) is 13.1 Å². The predicted octanol–water partition coefficient (Wildman–Crippen LogP) is 2.51. The van der Waals surface area contributed by atoms with Crippen LogP contribution >= 0.6 is 11.3 Å². The highest BCUT2D eigenvalue weighted by Gasteiger charge is 2.19. The third kappa shape index (κ3) is 4.64. The number of thiophene rings is 1. The summed E-state index contributed by atoms with van der Waals surface area (Å²) in [6, 6.07) is 13.3. The van der Waals surface area contributed by atoms with Gasteiger partial charge in [-0.1, -0.05) is 30.3 Å². The van der Waals surface area contributed by atoms with Gasteiger partial charge < -0.3 is 5.73 Å². The van der Waals surface area contributed by atoms with Gasteiger partial charge in [0.2, 0.25) is 10.0 Å². The molecule has 21 heavy (non-hydrogen) atoms. The first-order chi connectivity index (χ1) is 10.0. The van der Waals surface area contributed by atoms with Crippen LogP contribution in [0.15, 0.2) is 46.7 Å². The van der Waals surface area contributed by atoms with Crippen molar-refractivity contribution in [2.45, 2.75) is 36.6 Å². The normalized spacial score (nSPS) is 13.2. The Morgan fingerprint density at radius 2 is 1.90 bits per heavy atom. The summed E-state index contributed by atoms with van der Waals surface area (Å²) in [4.78, 5) is 0.868. The van der Waals surface area contributed by atoms with Crippen LogP contribution in [0.1, 0.15) is 23.8 Å². The molecule has 0 aliphatic rings. The van der Waals surface area contributed by atoms with Gasteiger partial charge in [-0.15, -0.1) is 11.3 Å². The maximum Gasteiger partial charge on any atom is 0.250 e. The summed E-state index contributed by atoms with van der Waals surface area (Å²) in [5, 5.41) is 0. The molecule has 0 aliphatic heterocycles. The third-order valence-electron chi connectivity index (χ3n) is 3.17. The van der Waals surface area contributed by atoms with Gasteiger partial charge >= 0.3 is 0 Å². The number of benzene rings is 1. The molecular formula is C15H20N2O2S2. The molecule has 0 spiro atoms. The van der Waals surface area contributed by atoms with Gasteiger partial charge in [0.05, 0.1) is 0 Å². The minimum atomic E-state index is -3.44. The van der Waals surface area contributed by atoms with Crippen molar-refractivity contribution < 1.29 is 8.42 Å². The van der Waals surface area contributed by atoms with Crippen LogP contribution in [-0.2, 0) is 23.0 Å². The highest BCUT2D eigenvalue weighted by molar-refractivity contribution is 7.91. The van der Waals surface area contributed by atoms with Crippen molar-refractivity contribution in [1.29, 1.82) is 0 Å². The lowest BCUT2D eigenvalue weighted by Crippen LogP contribution is -2.32. The molecule has 0 saturated carbocycles. The molecule has 0 fully saturated rings. The van der Waals surface area contributed by atoms with E-state index in [0.717, 1.165) is 17.7 Å². The van der Waals surface area contributed by atoms with Crippen LogP contribution in [0.5, 0.6) is 0 Å². The molecule has 0 aliphatic carbocycles. The summed E-state index contributed by atoms with van der Waals surface area (Å²) in [5.74, 6) is 0. The first-order valence-electron chi connectivity index (χ1n) is 6.86. The first-order valence-corrected chi connectivity index (χ1v) is 9.16. The smallest absolute Gasteiger partial charge is 0.250 e. The van der Waals surface area contributed by atoms with Crippen LogP contribution in [0.25, 0.3) is 0 Å². The molecule has 4 nitrogen and oxygen atoms in total. The molecule has 1 atom stereocenters. The van der Waals surface area contributed by atoms with Crippen LogP contribution in [-0.4, -0.2) is 14.5 Å². The number of hydrogen-bond acceptors (Lipinski definition) is 4. The minimum absolute atomic E-state index is 0.112. The largest absolute Gasteiger partial charge is 0.326 e. The lowest BCUT2D eigenvalue weighted by atomic mass is 10.1. The van der Waals surface area contributed by atoms with E-state index >= 15 is 0 Å². The molecular weight excluding hydrogens is 304 g/mol. The van der Waals surface area contributed by atoms with Gasteiger partial charge in [-0.3, -0.25) is 0 Å². The van der Waals surface area contributed by atoms with Gasteiger partial charge in [0.15, 0.2) is 0 Å². The lowest BCUT2D eigenvalue weighted by Gasteiger charge is -2.13. The Labute approximate surface area is 130 Å². The van der Waals surface area contributed by atoms with Crippen LogP contribution in [0.4, 0.5) is 0 Å². The van der Waals surface area contributed by atoms with Gasteiger partial charge in [-0.05, 0) is 37.5 Å². The molecule has 0 amide bonds. The molecule has 0 saturated heterocycles. The highest BCUT2D eigenvalue weighted by Crippen LogP contribution is 2.21. The summed E-state index contributed by atoms with van der Waals surface area (Å²) in [6.07, 6.45) is 1.61. The summed E-state index contributed by atoms with van der Waals surface area (Å²) < 4.78 is 27.5. The van der Waals surface area contributed by atoms with E-state index in [0.29, 0.717) is 10.8 Å². The van der Waals surface area contributed by atoms with E-state index in [4.69, 9.17) is 5.73 Å². The van der Waals surface area contributed by atoms with Crippen molar-refractivity contribution in [1.82, 2.24) is 4.72 Å². The zero-order valence-electron chi connectivity index (χ0n) is 12.0. The summed E-state index contributed by atoms with van der Waals surface area (Å²) in [7, 11) is -3.44. The third-order valence-corrected chi connectivity index (χ3v) is 6.36. The zero-order chi connectivity index (χ0) is 15.3. The monoisotopic (exact) mass is 324 g/mol. The molecule has 3 N–H and O–H groups in total. The van der Waals surface area contributed by atoms with E-state index in [2.05, 4.69) is 4.72 Å². The average Bonchev–Trinajstić information content (AvgIpc) is 2.96. The number of nitrogens with two attached hydrogens (primary N) is 1. The highest BCUT2D eigenvalue weighted by atomic mass is 32.2. The number of nitrogens with one attached hydrogen (secondary N) is 1. The van der Waals surface area contributed by atoms with Crippen LogP contribution in [0.3, 0.4) is 0 Å². The predicted molar refractivity (Wildman–Crippen MR) is 86.8 cm³/mol. The molecule has 1 aromatic carbocycles. The van der Waals surface area contributed by atoms with Crippen molar-refractivity contribution in [3.63, 3.8) is 0 Å². The molecule has 1 unspecified atom stereocenters. The maximum absolute atomic E-state index is 12.2. The van der Waals surface area contributed by atoms with Crippen LogP contribution in [0.2, 0.25) is 0 Å². The average molecular weight is 324 g/mol. The Bertz CT molecular complexity index is 666. The standard InChI is InChI=1S/C15H20N2O2S2/c1-12(7-8-13-5-3-2-4-6-13)17-21(18,19)15-10-9-14(11-16)20-15/h2-6,9-10,12,17H,7-8,11,16H2,1H3. The van der Waals surface area contributed by atoms with Gasteiger partial charge in [0.25, 0.3) is 0 Å². The van der Waals surface area contributed by atoms with Crippen molar-refractivity contribution in [3.05, 3.63) is 52.9 Å². The molecule has 2 aromatic rings. The van der Waals surface area contributed by atoms with Crippen LogP contribution < -0.4 is 10.5 Å². The number of aryl methyl sites for hydroxylation is 1. The molecule has 1 heterocycles. The van der Waals surface area contributed by atoms with Gasteiger partial charge in [0, 0.05) is 17.5 Å². The van der Waals surface area contributed by atoms with Crippen molar-refractivity contribution in [2.24, 2.45) is 5.73 Å². The van der Waals surface area contributed by atoms with E-state index in [9.17, 15) is 8.42 Å². The zero-order valence-corrected chi connectivity index (χ0v) is 13.6. The Kier molecular flexibility index (Phi) is 5.52. The maximum atomic E-state index is 12.2. The van der Waals surface area contributed by atoms with E-state index in [1.54, 1.807) is 12.1 Å². The van der Waals surface area contributed by atoms with Gasteiger partial charge in [0.1, 0.15) is 4.21 Å². The van der Waals surface area contributed by atoms with Gasteiger partial charge in [-0.2, -0.15) is 0 Å². The molecule has 0 bridgehead atoms. The van der Waals surface area contributed by atoms with E-state index < -0.39 is 10.0 Å². The summed E-state index contributed by atoms with van der Waals surface area (Å²) in [5.41, 5.74) is 6.73. The quantitative estimate of drug-likeness (QED) is 0.822. The molecule has 0 radical (unpaired) electrons. The Hall–Kier alpha value is -1.21. The summed E-state index contributed by atoms with van der Waals surface area (Å²) in [6.45, 7) is 2.25. The second kappa shape index (κ2) is 7.17. The molecule has 6 heteroatoms. The molecule has 1 aromatic heterocycles.